The third-order valence-electron chi connectivity index (χ3n) is 5.36. The number of nitrogens with zero attached hydrogens (tertiary/aromatic N) is 2. The number of anilines is 1. The van der Waals surface area contributed by atoms with Crippen molar-refractivity contribution in [3.63, 3.8) is 0 Å². The van der Waals surface area contributed by atoms with Crippen molar-refractivity contribution < 1.29 is 14.2 Å². The van der Waals surface area contributed by atoms with Crippen molar-refractivity contribution in [1.82, 2.24) is 10.2 Å². The Labute approximate surface area is 208 Å². The average molecular weight is 554 g/mol. The largest absolute Gasteiger partial charge is 0.493 e. The highest BCUT2D eigenvalue weighted by Gasteiger charge is 2.22. The van der Waals surface area contributed by atoms with Crippen LogP contribution in [0.4, 0.5) is 5.69 Å². The minimum Gasteiger partial charge on any atom is -0.493 e. The van der Waals surface area contributed by atoms with Gasteiger partial charge in [-0.05, 0) is 31.5 Å². The van der Waals surface area contributed by atoms with Gasteiger partial charge in [-0.15, -0.1) is 24.0 Å². The van der Waals surface area contributed by atoms with Gasteiger partial charge in [-0.1, -0.05) is 29.8 Å². The van der Waals surface area contributed by atoms with Crippen molar-refractivity contribution in [2.75, 3.05) is 58.9 Å². The van der Waals surface area contributed by atoms with E-state index in [0.29, 0.717) is 18.0 Å². The van der Waals surface area contributed by atoms with E-state index in [1.807, 2.05) is 18.2 Å². The summed E-state index contributed by atoms with van der Waals surface area (Å²) < 4.78 is 16.3. The molecule has 32 heavy (non-hydrogen) atoms. The molecule has 8 heteroatoms. The van der Waals surface area contributed by atoms with Gasteiger partial charge in [-0.3, -0.25) is 9.89 Å². The second-order valence-corrected chi connectivity index (χ2v) is 7.49. The molecule has 0 saturated carbocycles. The number of benzene rings is 2. The van der Waals surface area contributed by atoms with Crippen LogP contribution in [0.5, 0.6) is 11.5 Å². The summed E-state index contributed by atoms with van der Waals surface area (Å²) in [7, 11) is 3.27. The summed E-state index contributed by atoms with van der Waals surface area (Å²) in [5, 5.41) is 6.72. The van der Waals surface area contributed by atoms with Gasteiger partial charge in [0.25, 0.3) is 0 Å². The summed E-state index contributed by atoms with van der Waals surface area (Å²) in [6.07, 6.45) is 0. The Hall–Kier alpha value is -2.04. The highest BCUT2D eigenvalue weighted by Crippen LogP contribution is 2.29. The monoisotopic (exact) mass is 554 g/mol. The van der Waals surface area contributed by atoms with Crippen molar-refractivity contribution in [3.05, 3.63) is 53.6 Å². The van der Waals surface area contributed by atoms with E-state index in [4.69, 9.17) is 19.2 Å². The molecule has 0 amide bonds. The fourth-order valence-corrected chi connectivity index (χ4v) is 3.64. The van der Waals surface area contributed by atoms with Crippen LogP contribution in [0.25, 0.3) is 0 Å². The Morgan fingerprint density at radius 3 is 2.38 bits per heavy atom. The molecule has 2 aromatic carbocycles. The zero-order valence-corrected chi connectivity index (χ0v) is 21.7. The summed E-state index contributed by atoms with van der Waals surface area (Å²) >= 11 is 0. The first kappa shape index (κ1) is 26.2. The third kappa shape index (κ3) is 7.25. The highest BCUT2D eigenvalue weighted by atomic mass is 127. The van der Waals surface area contributed by atoms with Crippen LogP contribution in [0.1, 0.15) is 24.1 Å². The lowest BCUT2D eigenvalue weighted by Gasteiger charge is -2.34. The lowest BCUT2D eigenvalue weighted by Crippen LogP contribution is -2.41. The summed E-state index contributed by atoms with van der Waals surface area (Å²) in [5.41, 5.74) is 3.42. The van der Waals surface area contributed by atoms with E-state index in [2.05, 4.69) is 53.6 Å². The van der Waals surface area contributed by atoms with Crippen LogP contribution in [0, 0.1) is 6.92 Å². The van der Waals surface area contributed by atoms with Gasteiger partial charge in [0.1, 0.15) is 0 Å². The van der Waals surface area contributed by atoms with E-state index in [0.717, 1.165) is 44.5 Å². The molecule has 0 aliphatic carbocycles. The second-order valence-electron chi connectivity index (χ2n) is 7.49. The predicted octanol–water partition coefficient (Wildman–Crippen LogP) is 4.08. The first-order chi connectivity index (χ1) is 15.1. The number of hydrogen-bond acceptors (Lipinski definition) is 5. The average Bonchev–Trinajstić information content (AvgIpc) is 2.81. The van der Waals surface area contributed by atoms with Gasteiger partial charge < -0.3 is 24.8 Å². The molecule has 3 rings (SSSR count). The Balaban J connectivity index is 0.00000363. The van der Waals surface area contributed by atoms with Crippen molar-refractivity contribution in [1.29, 1.82) is 0 Å². The molecule has 0 aromatic heterocycles. The van der Waals surface area contributed by atoms with Crippen LogP contribution >= 0.6 is 24.0 Å². The van der Waals surface area contributed by atoms with Crippen LogP contribution in [-0.2, 0) is 4.74 Å². The molecule has 0 radical (unpaired) electrons. The van der Waals surface area contributed by atoms with E-state index in [1.54, 1.807) is 14.2 Å². The lowest BCUT2D eigenvalue weighted by molar-refractivity contribution is 0.0180. The van der Waals surface area contributed by atoms with Crippen molar-refractivity contribution in [2.24, 2.45) is 4.99 Å². The first-order valence-electron chi connectivity index (χ1n) is 10.8. The van der Waals surface area contributed by atoms with Crippen LogP contribution < -0.4 is 20.1 Å². The van der Waals surface area contributed by atoms with E-state index in [9.17, 15) is 0 Å². The topological polar surface area (TPSA) is 67.4 Å². The van der Waals surface area contributed by atoms with Crippen LogP contribution in [0.3, 0.4) is 0 Å². The molecule has 7 nitrogen and oxygen atoms in total. The zero-order chi connectivity index (χ0) is 22.1. The van der Waals surface area contributed by atoms with E-state index in [1.165, 1.54) is 11.1 Å². The number of nitrogens with one attached hydrogen (secondary N) is 2. The molecule has 1 atom stereocenters. The zero-order valence-electron chi connectivity index (χ0n) is 19.4. The second kappa shape index (κ2) is 13.5. The molecular formula is C24H35IN4O3. The third-order valence-corrected chi connectivity index (χ3v) is 5.36. The van der Waals surface area contributed by atoms with Crippen LogP contribution in [-0.4, -0.2) is 64.5 Å². The van der Waals surface area contributed by atoms with Gasteiger partial charge in [0.15, 0.2) is 17.5 Å². The van der Waals surface area contributed by atoms with Gasteiger partial charge in [0.2, 0.25) is 0 Å². The summed E-state index contributed by atoms with van der Waals surface area (Å²) in [6, 6.07) is 14.7. The Bertz CT molecular complexity index is 855. The quantitative estimate of drug-likeness (QED) is 0.291. The van der Waals surface area contributed by atoms with Crippen LogP contribution in [0.2, 0.25) is 0 Å². The van der Waals surface area contributed by atoms with E-state index < -0.39 is 0 Å². The Morgan fingerprint density at radius 2 is 1.75 bits per heavy atom. The van der Waals surface area contributed by atoms with Crippen molar-refractivity contribution in [3.8, 4) is 11.5 Å². The number of ether oxygens (including phenoxy) is 3. The number of aryl methyl sites for hydroxylation is 1. The number of methoxy groups -OCH3 is 2. The molecule has 2 N–H and O–H groups in total. The van der Waals surface area contributed by atoms with Gasteiger partial charge in [-0.2, -0.15) is 0 Å². The van der Waals surface area contributed by atoms with Gasteiger partial charge in [0, 0.05) is 31.4 Å². The minimum atomic E-state index is 0. The van der Waals surface area contributed by atoms with Gasteiger partial charge in [0.05, 0.1) is 40.0 Å². The number of guanidine groups is 1. The molecule has 1 fully saturated rings. The number of aliphatic imine (C=N–C) groups is 1. The van der Waals surface area contributed by atoms with E-state index in [-0.39, 0.29) is 30.0 Å². The van der Waals surface area contributed by atoms with Crippen LogP contribution in [0.15, 0.2) is 47.5 Å². The lowest BCUT2D eigenvalue weighted by atomic mass is 10.0. The SMILES string of the molecule is CCNC(=NCC(c1ccc(C)cc1)N1CCOCC1)Nc1ccc(OC)c(OC)c1.I. The maximum atomic E-state index is 5.56. The number of rotatable bonds is 8. The number of hydrogen-bond donors (Lipinski definition) is 2. The molecule has 2 aromatic rings. The van der Waals surface area contributed by atoms with Gasteiger partial charge >= 0.3 is 0 Å². The first-order valence-corrected chi connectivity index (χ1v) is 10.8. The predicted molar refractivity (Wildman–Crippen MR) is 141 cm³/mol. The summed E-state index contributed by atoms with van der Waals surface area (Å²) in [6.45, 7) is 8.93. The molecule has 1 aliphatic rings. The molecule has 1 heterocycles. The number of halogens is 1. The summed E-state index contributed by atoms with van der Waals surface area (Å²) in [4.78, 5) is 7.38. The molecule has 176 valence electrons. The fourth-order valence-electron chi connectivity index (χ4n) is 3.64. The minimum absolute atomic E-state index is 0. The normalized spacial score (nSPS) is 15.4. The molecule has 1 unspecified atom stereocenters. The summed E-state index contributed by atoms with van der Waals surface area (Å²) in [5.74, 6) is 2.11. The highest BCUT2D eigenvalue weighted by molar-refractivity contribution is 14.0. The molecule has 0 spiro atoms. The number of morpholine rings is 1. The molecular weight excluding hydrogens is 519 g/mol. The standard InChI is InChI=1S/C24H34N4O3.HI/c1-5-25-24(27-20-10-11-22(29-3)23(16-20)30-4)26-17-21(28-12-14-31-15-13-28)19-8-6-18(2)7-9-19;/h6-11,16,21H,5,12-15,17H2,1-4H3,(H2,25,26,27);1H. The maximum absolute atomic E-state index is 5.56. The fraction of sp³-hybridized carbons (Fsp3) is 0.458. The maximum Gasteiger partial charge on any atom is 0.195 e. The van der Waals surface area contributed by atoms with Crippen molar-refractivity contribution in [2.45, 2.75) is 19.9 Å². The smallest absolute Gasteiger partial charge is 0.195 e. The molecule has 1 aliphatic heterocycles. The Kier molecular flexibility index (Phi) is 11.1. The van der Waals surface area contributed by atoms with Gasteiger partial charge in [-0.25, -0.2) is 0 Å². The van der Waals surface area contributed by atoms with Crippen molar-refractivity contribution >= 4 is 35.6 Å². The Morgan fingerprint density at radius 1 is 1.06 bits per heavy atom. The van der Waals surface area contributed by atoms with E-state index >= 15 is 0 Å². The molecule has 1 saturated heterocycles. The molecule has 0 bridgehead atoms.